The number of allylic oxidation sites excluding steroid dienone is 2. The van der Waals surface area contributed by atoms with Gasteiger partial charge in [-0.25, -0.2) is 0 Å². The van der Waals surface area contributed by atoms with Crippen LogP contribution in [0.15, 0.2) is 12.2 Å². The molecule has 0 radical (unpaired) electrons. The number of carbonyl (C=O) groups is 1. The van der Waals surface area contributed by atoms with Crippen LogP contribution in [0.2, 0.25) is 0 Å². The van der Waals surface area contributed by atoms with E-state index in [1.165, 1.54) is 116 Å². The lowest BCUT2D eigenvalue weighted by atomic mass is 9.90. The van der Waals surface area contributed by atoms with Gasteiger partial charge in [0.25, 0.3) is 0 Å². The van der Waals surface area contributed by atoms with Gasteiger partial charge in [-0.2, -0.15) is 0 Å². The third-order valence-electron chi connectivity index (χ3n) is 6.96. The third-order valence-corrected chi connectivity index (χ3v) is 6.96. The number of hydrogen-bond donors (Lipinski definition) is 0. The van der Waals surface area contributed by atoms with Crippen molar-refractivity contribution < 1.29 is 4.79 Å². The fourth-order valence-electron chi connectivity index (χ4n) is 4.75. The van der Waals surface area contributed by atoms with E-state index in [1.54, 1.807) is 0 Å². The Morgan fingerprint density at radius 2 is 1.29 bits per heavy atom. The van der Waals surface area contributed by atoms with Crippen LogP contribution in [0.25, 0.3) is 0 Å². The van der Waals surface area contributed by atoms with E-state index < -0.39 is 0 Å². The Morgan fingerprint density at radius 3 is 1.94 bits per heavy atom. The van der Waals surface area contributed by atoms with E-state index in [4.69, 9.17) is 0 Å². The minimum atomic E-state index is 0.406. The van der Waals surface area contributed by atoms with Crippen LogP contribution in [0, 0.1) is 11.8 Å². The second-order valence-electron chi connectivity index (χ2n) is 9.89. The van der Waals surface area contributed by atoms with Gasteiger partial charge in [0.05, 0.1) is 0 Å². The molecule has 0 bridgehead atoms. The molecule has 31 heavy (non-hydrogen) atoms. The zero-order valence-corrected chi connectivity index (χ0v) is 22.1. The molecule has 0 saturated heterocycles. The first-order valence-electron chi connectivity index (χ1n) is 14.4. The molecule has 1 aliphatic rings. The topological polar surface area (TPSA) is 17.1 Å². The Labute approximate surface area is 197 Å². The highest BCUT2D eigenvalue weighted by Gasteiger charge is 2.24. The quantitative estimate of drug-likeness (QED) is 0.146. The smallest absolute Gasteiger partial charge is 0.132 e. The van der Waals surface area contributed by atoms with E-state index >= 15 is 0 Å². The van der Waals surface area contributed by atoms with Gasteiger partial charge < -0.3 is 0 Å². The number of ketones is 1. The summed E-state index contributed by atoms with van der Waals surface area (Å²) >= 11 is 0. The second kappa shape index (κ2) is 24.1. The lowest BCUT2D eigenvalue weighted by Gasteiger charge is -2.16. The molecule has 1 fully saturated rings. The van der Waals surface area contributed by atoms with Gasteiger partial charge in [-0.1, -0.05) is 123 Å². The van der Waals surface area contributed by atoms with Crippen LogP contribution < -0.4 is 0 Å². The molecule has 1 nitrogen and oxygen atoms in total. The van der Waals surface area contributed by atoms with Gasteiger partial charge >= 0.3 is 0 Å². The molecule has 184 valence electrons. The van der Waals surface area contributed by atoms with Crippen LogP contribution in [-0.4, -0.2) is 5.78 Å². The Hall–Kier alpha value is -0.590. The average molecular weight is 435 g/mol. The predicted molar refractivity (Wildman–Crippen MR) is 141 cm³/mol. The minimum absolute atomic E-state index is 0.406. The summed E-state index contributed by atoms with van der Waals surface area (Å²) in [7, 11) is 0. The first-order valence-corrected chi connectivity index (χ1v) is 14.4. The summed E-state index contributed by atoms with van der Waals surface area (Å²) in [6.45, 7) is 8.67. The summed E-state index contributed by atoms with van der Waals surface area (Å²) in [5.74, 6) is 2.34. The predicted octanol–water partition coefficient (Wildman–Crippen LogP) is 10.6. The molecule has 1 heteroatoms. The van der Waals surface area contributed by atoms with E-state index in [0.29, 0.717) is 12.2 Å². The zero-order valence-electron chi connectivity index (χ0n) is 22.1. The molecule has 0 aromatic carbocycles. The summed E-state index contributed by atoms with van der Waals surface area (Å²) in [5.41, 5.74) is 0. The lowest BCUT2D eigenvalue weighted by Crippen LogP contribution is -2.05. The summed E-state index contributed by atoms with van der Waals surface area (Å²) in [5, 5.41) is 0. The van der Waals surface area contributed by atoms with Crippen LogP contribution in [0.3, 0.4) is 0 Å². The Bertz CT molecular complexity index is 397. The fourth-order valence-corrected chi connectivity index (χ4v) is 4.75. The maximum atomic E-state index is 10.7. The van der Waals surface area contributed by atoms with Gasteiger partial charge in [-0.15, -0.1) is 0 Å². The molecular formula is C30H58O. The number of carbonyl (C=O) groups excluding carboxylic acids is 1. The number of Topliss-reactive ketones (excluding diaryl/α,β-unsaturated/α-hetero) is 1. The normalized spacial score (nSPS) is 18.3. The van der Waals surface area contributed by atoms with Crippen molar-refractivity contribution in [2.45, 2.75) is 163 Å². The van der Waals surface area contributed by atoms with E-state index in [2.05, 4.69) is 32.9 Å². The summed E-state index contributed by atoms with van der Waals surface area (Å²) in [6, 6.07) is 0. The first kappa shape index (κ1) is 30.4. The molecule has 0 unspecified atom stereocenters. The maximum absolute atomic E-state index is 10.7. The molecule has 0 amide bonds. The van der Waals surface area contributed by atoms with Crippen LogP contribution in [-0.2, 0) is 4.79 Å². The van der Waals surface area contributed by atoms with E-state index in [0.717, 1.165) is 24.7 Å². The van der Waals surface area contributed by atoms with E-state index in [-0.39, 0.29) is 0 Å². The van der Waals surface area contributed by atoms with Gasteiger partial charge in [0.15, 0.2) is 0 Å². The van der Waals surface area contributed by atoms with Crippen molar-refractivity contribution in [3.8, 4) is 0 Å². The van der Waals surface area contributed by atoms with E-state index in [9.17, 15) is 4.79 Å². The largest absolute Gasteiger partial charge is 0.300 e. The Kier molecular flexibility index (Phi) is 23.6. The lowest BCUT2D eigenvalue weighted by molar-refractivity contribution is -0.118. The second-order valence-corrected chi connectivity index (χ2v) is 9.89. The van der Waals surface area contributed by atoms with Crippen molar-refractivity contribution in [2.24, 2.45) is 11.8 Å². The number of rotatable bonds is 19. The maximum Gasteiger partial charge on any atom is 0.132 e. The molecule has 1 saturated carbocycles. The van der Waals surface area contributed by atoms with Crippen LogP contribution in [0.4, 0.5) is 0 Å². The average Bonchev–Trinajstić information content (AvgIpc) is 3.23. The molecule has 0 aromatic rings. The molecule has 0 N–H and O–H groups in total. The summed E-state index contributed by atoms with van der Waals surface area (Å²) < 4.78 is 0. The number of hydrogen-bond acceptors (Lipinski definition) is 1. The van der Waals surface area contributed by atoms with Crippen molar-refractivity contribution in [1.82, 2.24) is 0 Å². The van der Waals surface area contributed by atoms with Gasteiger partial charge in [-0.05, 0) is 50.4 Å². The fraction of sp³-hybridized carbons (Fsp3) is 0.900. The molecule has 1 rings (SSSR count). The van der Waals surface area contributed by atoms with Gasteiger partial charge in [0.1, 0.15) is 5.78 Å². The van der Waals surface area contributed by atoms with Crippen LogP contribution in [0.1, 0.15) is 163 Å². The zero-order chi connectivity index (χ0) is 23.0. The number of unbranched alkanes of at least 4 members (excludes halogenated alkanes) is 12. The van der Waals surface area contributed by atoms with E-state index in [1.807, 2.05) is 6.92 Å². The monoisotopic (exact) mass is 434 g/mol. The van der Waals surface area contributed by atoms with Gasteiger partial charge in [-0.3, -0.25) is 4.79 Å². The molecule has 1 aliphatic carbocycles. The Morgan fingerprint density at radius 1 is 0.710 bits per heavy atom. The molecule has 0 aromatic heterocycles. The van der Waals surface area contributed by atoms with Gasteiger partial charge in [0, 0.05) is 12.8 Å². The molecular weight excluding hydrogens is 376 g/mol. The summed E-state index contributed by atoms with van der Waals surface area (Å²) in [4.78, 5) is 10.7. The summed E-state index contributed by atoms with van der Waals surface area (Å²) in [6.07, 6.45) is 33.1. The SMILES string of the molecule is CCCCCC(=O)CC.CCCCCC/C=C/[C@H]1CCC[C@@H]1CCCCCCCCC. The van der Waals surface area contributed by atoms with Crippen LogP contribution in [0.5, 0.6) is 0 Å². The molecule has 0 aliphatic heterocycles. The molecule has 0 heterocycles. The molecule has 0 spiro atoms. The van der Waals surface area contributed by atoms with Crippen molar-refractivity contribution in [1.29, 1.82) is 0 Å². The standard InChI is InChI=1S/C22H42.C8H16O/c1-3-5-7-9-11-13-15-18-22-20-16-19-21(22)17-14-12-10-8-6-4-2;1-3-5-6-7-8(9)4-2/h14,17,21-22H,3-13,15-16,18-20H2,1-2H3;3-7H2,1-2H3/b17-14+;/t21-,22-;/m0./s1. The highest BCUT2D eigenvalue weighted by atomic mass is 16.1. The third kappa shape index (κ3) is 19.8. The molecule has 2 atom stereocenters. The van der Waals surface area contributed by atoms with Gasteiger partial charge in [0.2, 0.25) is 0 Å². The highest BCUT2D eigenvalue weighted by molar-refractivity contribution is 5.77. The van der Waals surface area contributed by atoms with Crippen molar-refractivity contribution in [3.63, 3.8) is 0 Å². The Balaban J connectivity index is 0.000000842. The highest BCUT2D eigenvalue weighted by Crippen LogP contribution is 2.36. The van der Waals surface area contributed by atoms with Crippen LogP contribution >= 0.6 is 0 Å². The van der Waals surface area contributed by atoms with Crippen molar-refractivity contribution in [3.05, 3.63) is 12.2 Å². The first-order chi connectivity index (χ1) is 15.2. The minimum Gasteiger partial charge on any atom is -0.300 e. The van der Waals surface area contributed by atoms with Crippen molar-refractivity contribution in [2.75, 3.05) is 0 Å². The van der Waals surface area contributed by atoms with Crippen molar-refractivity contribution >= 4 is 5.78 Å².